The van der Waals surface area contributed by atoms with E-state index in [2.05, 4.69) is 0 Å². The van der Waals surface area contributed by atoms with Crippen LogP contribution >= 0.6 is 0 Å². The average molecular weight is 394 g/mol. The van der Waals surface area contributed by atoms with E-state index in [0.29, 0.717) is 0 Å². The standard InChI is InChI=1S/C22H22N2O5/c25-19-17(22(27)28)13-23-11-12-24(16-9-5-2-6-10-16)21(26)18(23)20(19)29-14-15-7-3-1-4-8-15/h1,3-4,7-8,11-13,16H,2,5-6,9-10,14H2,(H,27,28). The van der Waals surface area contributed by atoms with Crippen molar-refractivity contribution >= 4 is 11.5 Å². The molecular weight excluding hydrogens is 372 g/mol. The molecule has 0 amide bonds. The maximum absolute atomic E-state index is 13.3. The van der Waals surface area contributed by atoms with Gasteiger partial charge in [0.2, 0.25) is 5.43 Å². The quantitative estimate of drug-likeness (QED) is 0.717. The lowest BCUT2D eigenvalue weighted by Gasteiger charge is -2.24. The first-order chi connectivity index (χ1) is 14.1. The molecule has 0 bridgehead atoms. The Kier molecular flexibility index (Phi) is 5.20. The van der Waals surface area contributed by atoms with Crippen molar-refractivity contribution in [1.82, 2.24) is 8.97 Å². The summed E-state index contributed by atoms with van der Waals surface area (Å²) < 4.78 is 8.78. The van der Waals surface area contributed by atoms with E-state index in [0.717, 1.165) is 37.7 Å². The Labute approximate surface area is 166 Å². The summed E-state index contributed by atoms with van der Waals surface area (Å²) in [6.07, 6.45) is 9.57. The molecule has 29 heavy (non-hydrogen) atoms. The first kappa shape index (κ1) is 19.0. The maximum atomic E-state index is 13.3. The molecule has 1 aromatic carbocycles. The number of carboxylic acid groups (broad SMARTS) is 1. The van der Waals surface area contributed by atoms with E-state index in [4.69, 9.17) is 4.74 Å². The second-order valence-corrected chi connectivity index (χ2v) is 7.34. The number of hydrogen-bond donors (Lipinski definition) is 1. The average Bonchev–Trinajstić information content (AvgIpc) is 2.74. The summed E-state index contributed by atoms with van der Waals surface area (Å²) >= 11 is 0. The Bertz CT molecular complexity index is 1160. The van der Waals surface area contributed by atoms with Gasteiger partial charge in [0.25, 0.3) is 5.56 Å². The summed E-state index contributed by atoms with van der Waals surface area (Å²) in [5.74, 6) is -1.57. The van der Waals surface area contributed by atoms with Crippen molar-refractivity contribution in [3.05, 3.63) is 80.6 Å². The Balaban J connectivity index is 1.86. The second-order valence-electron chi connectivity index (χ2n) is 7.34. The molecule has 7 nitrogen and oxygen atoms in total. The molecule has 0 radical (unpaired) electrons. The number of hydrogen-bond acceptors (Lipinski definition) is 4. The maximum Gasteiger partial charge on any atom is 0.341 e. The molecule has 7 heteroatoms. The van der Waals surface area contributed by atoms with Crippen molar-refractivity contribution < 1.29 is 14.6 Å². The van der Waals surface area contributed by atoms with Crippen LogP contribution in [0.15, 0.2) is 58.5 Å². The van der Waals surface area contributed by atoms with Gasteiger partial charge < -0.3 is 18.8 Å². The van der Waals surface area contributed by atoms with Crippen LogP contribution in [0.25, 0.3) is 5.52 Å². The van der Waals surface area contributed by atoms with Crippen LogP contribution in [0.5, 0.6) is 5.75 Å². The molecule has 0 spiro atoms. The molecule has 1 saturated carbocycles. The summed E-state index contributed by atoms with van der Waals surface area (Å²) in [6.45, 7) is 0.0621. The molecule has 0 aliphatic heterocycles. The molecule has 2 aromatic heterocycles. The third-order valence-electron chi connectivity index (χ3n) is 5.44. The van der Waals surface area contributed by atoms with Crippen molar-refractivity contribution in [2.24, 2.45) is 0 Å². The topological polar surface area (TPSA) is 90.0 Å². The Morgan fingerprint density at radius 2 is 1.79 bits per heavy atom. The van der Waals surface area contributed by atoms with Crippen molar-refractivity contribution in [2.75, 3.05) is 0 Å². The normalized spacial score (nSPS) is 14.8. The Hall–Kier alpha value is -3.35. The van der Waals surface area contributed by atoms with Gasteiger partial charge in [0.15, 0.2) is 11.3 Å². The first-order valence-electron chi connectivity index (χ1n) is 9.76. The number of benzene rings is 1. The predicted molar refractivity (Wildman–Crippen MR) is 108 cm³/mol. The number of aromatic nitrogens is 2. The van der Waals surface area contributed by atoms with Crippen LogP contribution in [0.4, 0.5) is 0 Å². The zero-order valence-corrected chi connectivity index (χ0v) is 15.9. The molecule has 0 unspecified atom stereocenters. The van der Waals surface area contributed by atoms with E-state index >= 15 is 0 Å². The van der Waals surface area contributed by atoms with Gasteiger partial charge in [0, 0.05) is 24.6 Å². The van der Waals surface area contributed by atoms with Gasteiger partial charge in [-0.2, -0.15) is 0 Å². The molecule has 1 aliphatic rings. The lowest BCUT2D eigenvalue weighted by molar-refractivity contribution is 0.0694. The fraction of sp³-hybridized carbons (Fsp3) is 0.318. The highest BCUT2D eigenvalue weighted by Crippen LogP contribution is 2.27. The summed E-state index contributed by atoms with van der Waals surface area (Å²) in [4.78, 5) is 37.6. The number of nitrogens with zero attached hydrogens (tertiary/aromatic N) is 2. The second kappa shape index (κ2) is 7.95. The SMILES string of the molecule is O=C(O)c1cn2ccn(C3CCCCC3)c(=O)c2c(OCc2ccccc2)c1=O. The predicted octanol–water partition coefficient (Wildman–Crippen LogP) is 3.24. The highest BCUT2D eigenvalue weighted by molar-refractivity contribution is 5.88. The van der Waals surface area contributed by atoms with Crippen molar-refractivity contribution in [3.8, 4) is 5.75 Å². The van der Waals surface area contributed by atoms with E-state index < -0.39 is 17.0 Å². The van der Waals surface area contributed by atoms with Crippen molar-refractivity contribution in [2.45, 2.75) is 44.8 Å². The van der Waals surface area contributed by atoms with Gasteiger partial charge in [-0.1, -0.05) is 49.6 Å². The van der Waals surface area contributed by atoms with Gasteiger partial charge in [-0.15, -0.1) is 0 Å². The van der Waals surface area contributed by atoms with Crippen LogP contribution in [0, 0.1) is 0 Å². The number of fused-ring (bicyclic) bond motifs is 1. The Morgan fingerprint density at radius 3 is 2.48 bits per heavy atom. The highest BCUT2D eigenvalue weighted by atomic mass is 16.5. The molecule has 1 aliphatic carbocycles. The molecular formula is C22H22N2O5. The van der Waals surface area contributed by atoms with Gasteiger partial charge in [0.05, 0.1) is 0 Å². The van der Waals surface area contributed by atoms with Crippen molar-refractivity contribution in [3.63, 3.8) is 0 Å². The molecule has 1 fully saturated rings. The van der Waals surface area contributed by atoms with Gasteiger partial charge in [-0.3, -0.25) is 9.59 Å². The molecule has 150 valence electrons. The molecule has 0 atom stereocenters. The van der Waals surface area contributed by atoms with E-state index in [9.17, 15) is 19.5 Å². The zero-order chi connectivity index (χ0) is 20.4. The summed E-state index contributed by atoms with van der Waals surface area (Å²) in [5, 5.41) is 9.41. The minimum Gasteiger partial charge on any atom is -0.483 e. The molecule has 1 N–H and O–H groups in total. The lowest BCUT2D eigenvalue weighted by Crippen LogP contribution is -2.30. The van der Waals surface area contributed by atoms with Gasteiger partial charge in [0.1, 0.15) is 12.2 Å². The summed E-state index contributed by atoms with van der Waals surface area (Å²) in [6, 6.07) is 9.29. The van der Waals surface area contributed by atoms with Crippen LogP contribution < -0.4 is 15.7 Å². The minimum absolute atomic E-state index is 0.0621. The van der Waals surface area contributed by atoms with Gasteiger partial charge in [-0.05, 0) is 18.4 Å². The number of carboxylic acids is 1. The van der Waals surface area contributed by atoms with E-state index in [-0.39, 0.29) is 29.5 Å². The molecule has 2 heterocycles. The van der Waals surface area contributed by atoms with E-state index in [1.54, 1.807) is 17.0 Å². The smallest absolute Gasteiger partial charge is 0.341 e. The first-order valence-corrected chi connectivity index (χ1v) is 9.76. The van der Waals surface area contributed by atoms with E-state index in [1.165, 1.54) is 10.6 Å². The van der Waals surface area contributed by atoms with Crippen LogP contribution in [-0.2, 0) is 6.61 Å². The summed E-state index contributed by atoms with van der Waals surface area (Å²) in [7, 11) is 0. The minimum atomic E-state index is -1.36. The van der Waals surface area contributed by atoms with Gasteiger partial charge in [-0.25, -0.2) is 4.79 Å². The van der Waals surface area contributed by atoms with Crippen LogP contribution in [0.1, 0.15) is 54.1 Å². The fourth-order valence-electron chi connectivity index (χ4n) is 3.93. The third-order valence-corrected chi connectivity index (χ3v) is 5.44. The number of rotatable bonds is 5. The van der Waals surface area contributed by atoms with Crippen LogP contribution in [0.2, 0.25) is 0 Å². The largest absolute Gasteiger partial charge is 0.483 e. The molecule has 3 aromatic rings. The number of aromatic carboxylic acids is 1. The number of ether oxygens (including phenoxy) is 1. The lowest BCUT2D eigenvalue weighted by atomic mass is 9.95. The van der Waals surface area contributed by atoms with Crippen LogP contribution in [0.3, 0.4) is 0 Å². The number of pyridine rings is 1. The summed E-state index contributed by atoms with van der Waals surface area (Å²) in [5.41, 5.74) is -0.665. The van der Waals surface area contributed by atoms with Crippen molar-refractivity contribution in [1.29, 1.82) is 0 Å². The van der Waals surface area contributed by atoms with Crippen LogP contribution in [-0.4, -0.2) is 20.0 Å². The molecule has 0 saturated heterocycles. The highest BCUT2D eigenvalue weighted by Gasteiger charge is 2.23. The fourth-order valence-corrected chi connectivity index (χ4v) is 3.93. The molecule has 4 rings (SSSR count). The van der Waals surface area contributed by atoms with E-state index in [1.807, 2.05) is 30.3 Å². The monoisotopic (exact) mass is 394 g/mol. The number of carbonyl (C=O) groups is 1. The zero-order valence-electron chi connectivity index (χ0n) is 15.9. The Morgan fingerprint density at radius 1 is 1.07 bits per heavy atom. The van der Waals surface area contributed by atoms with Gasteiger partial charge >= 0.3 is 5.97 Å². The third kappa shape index (κ3) is 3.68.